The Bertz CT molecular complexity index is 573. The third-order valence-corrected chi connectivity index (χ3v) is 3.94. The number of benzene rings is 1. The van der Waals surface area contributed by atoms with Gasteiger partial charge in [-0.05, 0) is 34.1 Å². The van der Waals surface area contributed by atoms with Gasteiger partial charge in [0.05, 0.1) is 18.2 Å². The van der Waals surface area contributed by atoms with Crippen LogP contribution in [0.5, 0.6) is 0 Å². The van der Waals surface area contributed by atoms with Gasteiger partial charge in [-0.3, -0.25) is 0 Å². The summed E-state index contributed by atoms with van der Waals surface area (Å²) in [6.45, 7) is 1.56. The van der Waals surface area contributed by atoms with E-state index >= 15 is 0 Å². The Kier molecular flexibility index (Phi) is 4.93. The summed E-state index contributed by atoms with van der Waals surface area (Å²) in [6.07, 6.45) is 0. The standard InChI is InChI=1S/C12H14BrClN4O/c1-19-5-4-18-11(7-15)16-17-12(18)8-2-3-9(13)10(14)6-8/h2-3,6H,4-5,7,15H2,1H3. The smallest absolute Gasteiger partial charge is 0.164 e. The fourth-order valence-corrected chi connectivity index (χ4v) is 2.18. The Balaban J connectivity index is 2.42. The molecule has 0 aliphatic carbocycles. The number of hydrogen-bond donors (Lipinski definition) is 1. The second-order valence-corrected chi connectivity index (χ2v) is 5.18. The third-order valence-electron chi connectivity index (χ3n) is 2.71. The molecule has 1 aromatic heterocycles. The zero-order chi connectivity index (χ0) is 13.8. The van der Waals surface area contributed by atoms with Crippen LogP contribution in [0.2, 0.25) is 5.02 Å². The molecule has 19 heavy (non-hydrogen) atoms. The lowest BCUT2D eigenvalue weighted by molar-refractivity contribution is 0.186. The van der Waals surface area contributed by atoms with Crippen molar-refractivity contribution in [2.75, 3.05) is 13.7 Å². The Labute approximate surface area is 124 Å². The summed E-state index contributed by atoms with van der Waals surface area (Å²) in [7, 11) is 1.66. The van der Waals surface area contributed by atoms with E-state index in [1.807, 2.05) is 22.8 Å². The van der Waals surface area contributed by atoms with E-state index in [0.29, 0.717) is 24.7 Å². The normalized spacial score (nSPS) is 10.9. The van der Waals surface area contributed by atoms with Crippen LogP contribution in [0.15, 0.2) is 22.7 Å². The monoisotopic (exact) mass is 344 g/mol. The fourth-order valence-electron chi connectivity index (χ4n) is 1.75. The summed E-state index contributed by atoms with van der Waals surface area (Å²) in [5.41, 5.74) is 6.57. The van der Waals surface area contributed by atoms with Crippen LogP contribution in [-0.2, 0) is 17.8 Å². The third kappa shape index (κ3) is 3.14. The van der Waals surface area contributed by atoms with E-state index in [9.17, 15) is 0 Å². The second-order valence-electron chi connectivity index (χ2n) is 3.92. The predicted molar refractivity (Wildman–Crippen MR) is 77.9 cm³/mol. The van der Waals surface area contributed by atoms with Crippen LogP contribution in [0.4, 0.5) is 0 Å². The molecule has 1 aromatic carbocycles. The SMILES string of the molecule is COCCn1c(CN)nnc1-c1ccc(Br)c(Cl)c1. The first kappa shape index (κ1) is 14.5. The molecule has 0 aliphatic rings. The minimum Gasteiger partial charge on any atom is -0.383 e. The van der Waals surface area contributed by atoms with Gasteiger partial charge in [-0.25, -0.2) is 0 Å². The molecule has 2 rings (SSSR count). The van der Waals surface area contributed by atoms with Crippen molar-refractivity contribution < 1.29 is 4.74 Å². The lowest BCUT2D eigenvalue weighted by Crippen LogP contribution is -2.12. The van der Waals surface area contributed by atoms with Crippen molar-refractivity contribution in [2.24, 2.45) is 5.73 Å². The lowest BCUT2D eigenvalue weighted by Gasteiger charge is -2.09. The van der Waals surface area contributed by atoms with Crippen molar-refractivity contribution in [1.29, 1.82) is 0 Å². The van der Waals surface area contributed by atoms with E-state index in [4.69, 9.17) is 22.1 Å². The molecule has 0 fully saturated rings. The van der Waals surface area contributed by atoms with Crippen LogP contribution in [0, 0.1) is 0 Å². The minimum absolute atomic E-state index is 0.334. The van der Waals surface area contributed by atoms with E-state index in [0.717, 1.165) is 21.7 Å². The number of nitrogens with zero attached hydrogens (tertiary/aromatic N) is 3. The van der Waals surface area contributed by atoms with Crippen LogP contribution in [-0.4, -0.2) is 28.5 Å². The highest BCUT2D eigenvalue weighted by atomic mass is 79.9. The summed E-state index contributed by atoms with van der Waals surface area (Å²) < 4.78 is 7.89. The zero-order valence-electron chi connectivity index (χ0n) is 10.4. The molecule has 0 saturated heterocycles. The molecule has 2 aromatic rings. The number of aromatic nitrogens is 3. The molecule has 0 atom stereocenters. The summed E-state index contributed by atoms with van der Waals surface area (Å²) in [5, 5.41) is 8.91. The Hall–Kier alpha value is -0.950. The van der Waals surface area contributed by atoms with Crippen LogP contribution >= 0.6 is 27.5 Å². The van der Waals surface area contributed by atoms with Crippen LogP contribution < -0.4 is 5.73 Å². The van der Waals surface area contributed by atoms with Crippen LogP contribution in [0.1, 0.15) is 5.82 Å². The van der Waals surface area contributed by atoms with Gasteiger partial charge in [0.1, 0.15) is 5.82 Å². The van der Waals surface area contributed by atoms with Gasteiger partial charge in [0, 0.05) is 23.7 Å². The number of rotatable bonds is 5. The van der Waals surface area contributed by atoms with Crippen molar-refractivity contribution in [1.82, 2.24) is 14.8 Å². The van der Waals surface area contributed by atoms with Crippen molar-refractivity contribution >= 4 is 27.5 Å². The molecular weight excluding hydrogens is 332 g/mol. The predicted octanol–water partition coefficient (Wildman–Crippen LogP) is 2.47. The summed E-state index contributed by atoms with van der Waals surface area (Å²) >= 11 is 9.47. The molecule has 0 unspecified atom stereocenters. The highest BCUT2D eigenvalue weighted by Gasteiger charge is 2.13. The van der Waals surface area contributed by atoms with Gasteiger partial charge in [-0.15, -0.1) is 10.2 Å². The largest absolute Gasteiger partial charge is 0.383 e. The maximum absolute atomic E-state index is 6.11. The van der Waals surface area contributed by atoms with Crippen molar-refractivity contribution in [3.63, 3.8) is 0 Å². The van der Waals surface area contributed by atoms with Gasteiger partial charge in [-0.1, -0.05) is 11.6 Å². The Morgan fingerprint density at radius 1 is 1.42 bits per heavy atom. The molecule has 0 radical (unpaired) electrons. The van der Waals surface area contributed by atoms with Crippen LogP contribution in [0.3, 0.4) is 0 Å². The average molecular weight is 346 g/mol. The Morgan fingerprint density at radius 2 is 2.21 bits per heavy atom. The molecule has 5 nitrogen and oxygen atoms in total. The first-order valence-electron chi connectivity index (χ1n) is 5.74. The molecule has 0 aliphatic heterocycles. The molecule has 1 heterocycles. The quantitative estimate of drug-likeness (QED) is 0.904. The highest BCUT2D eigenvalue weighted by molar-refractivity contribution is 9.10. The molecule has 0 spiro atoms. The van der Waals surface area contributed by atoms with Crippen molar-refractivity contribution in [3.05, 3.63) is 33.5 Å². The lowest BCUT2D eigenvalue weighted by atomic mass is 10.2. The van der Waals surface area contributed by atoms with Crippen molar-refractivity contribution in [3.8, 4) is 11.4 Å². The number of methoxy groups -OCH3 is 1. The van der Waals surface area contributed by atoms with Gasteiger partial charge in [0.25, 0.3) is 0 Å². The maximum Gasteiger partial charge on any atom is 0.164 e. The molecule has 0 bridgehead atoms. The average Bonchev–Trinajstić information content (AvgIpc) is 2.82. The summed E-state index contributed by atoms with van der Waals surface area (Å²) in [6, 6.07) is 5.66. The van der Waals surface area contributed by atoms with E-state index in [1.165, 1.54) is 0 Å². The number of nitrogens with two attached hydrogens (primary N) is 1. The Morgan fingerprint density at radius 3 is 2.84 bits per heavy atom. The zero-order valence-corrected chi connectivity index (χ0v) is 12.8. The van der Waals surface area contributed by atoms with Gasteiger partial charge in [0.2, 0.25) is 0 Å². The first-order valence-corrected chi connectivity index (χ1v) is 6.91. The van der Waals surface area contributed by atoms with E-state index in [1.54, 1.807) is 7.11 Å². The van der Waals surface area contributed by atoms with Gasteiger partial charge < -0.3 is 15.0 Å². The molecule has 0 saturated carbocycles. The summed E-state index contributed by atoms with van der Waals surface area (Å²) in [4.78, 5) is 0. The maximum atomic E-state index is 6.11. The number of halogens is 2. The molecule has 102 valence electrons. The second kappa shape index (κ2) is 6.47. The van der Waals surface area contributed by atoms with Crippen molar-refractivity contribution in [2.45, 2.75) is 13.1 Å². The fraction of sp³-hybridized carbons (Fsp3) is 0.333. The molecule has 0 amide bonds. The highest BCUT2D eigenvalue weighted by Crippen LogP contribution is 2.28. The molecular formula is C12H14BrClN4O. The number of hydrogen-bond acceptors (Lipinski definition) is 4. The van der Waals surface area contributed by atoms with Gasteiger partial charge in [0.15, 0.2) is 5.82 Å². The van der Waals surface area contributed by atoms with Gasteiger partial charge >= 0.3 is 0 Å². The van der Waals surface area contributed by atoms with Gasteiger partial charge in [-0.2, -0.15) is 0 Å². The minimum atomic E-state index is 0.334. The molecule has 2 N–H and O–H groups in total. The summed E-state index contributed by atoms with van der Waals surface area (Å²) in [5.74, 6) is 1.47. The number of ether oxygens (including phenoxy) is 1. The van der Waals surface area contributed by atoms with E-state index in [-0.39, 0.29) is 0 Å². The molecule has 7 heteroatoms. The first-order chi connectivity index (χ1) is 9.17. The van der Waals surface area contributed by atoms with Crippen LogP contribution in [0.25, 0.3) is 11.4 Å². The van der Waals surface area contributed by atoms with E-state index in [2.05, 4.69) is 26.1 Å². The topological polar surface area (TPSA) is 66.0 Å². The van der Waals surface area contributed by atoms with E-state index < -0.39 is 0 Å².